The normalized spacial score (nSPS) is 16.2. The molecule has 0 saturated carbocycles. The summed E-state index contributed by atoms with van der Waals surface area (Å²) in [5.41, 5.74) is 0. The van der Waals surface area contributed by atoms with Crippen molar-refractivity contribution in [3.8, 4) is 0 Å². The van der Waals surface area contributed by atoms with Gasteiger partial charge in [0.15, 0.2) is 0 Å². The average Bonchev–Trinajstić information content (AvgIpc) is 2.10. The lowest BCUT2D eigenvalue weighted by atomic mass is 9.95. The molecule has 0 aliphatic rings. The second-order valence-corrected chi connectivity index (χ2v) is 4.39. The van der Waals surface area contributed by atoms with E-state index >= 15 is 0 Å². The van der Waals surface area contributed by atoms with Crippen LogP contribution >= 0.6 is 0 Å². The Balaban J connectivity index is 3.40. The quantitative estimate of drug-likeness (QED) is 0.639. The Morgan fingerprint density at radius 1 is 1.08 bits per heavy atom. The van der Waals surface area contributed by atoms with Gasteiger partial charge in [0.2, 0.25) is 0 Å². The van der Waals surface area contributed by atoms with Gasteiger partial charge >= 0.3 is 0 Å². The second-order valence-electron chi connectivity index (χ2n) is 4.39. The van der Waals surface area contributed by atoms with Crippen LogP contribution in [0.4, 0.5) is 0 Å². The molecule has 0 aliphatic carbocycles. The Labute approximate surface area is 82.7 Å². The van der Waals surface area contributed by atoms with Crippen LogP contribution < -0.4 is 5.32 Å². The van der Waals surface area contributed by atoms with Crippen LogP contribution in [0.5, 0.6) is 0 Å². The van der Waals surface area contributed by atoms with E-state index in [1.54, 1.807) is 0 Å². The predicted octanol–water partition coefficient (Wildman–Crippen LogP) is 2.03. The van der Waals surface area contributed by atoms with Gasteiger partial charge in [0.05, 0.1) is 6.10 Å². The molecular formula is C11H25NO. The van der Waals surface area contributed by atoms with E-state index in [4.69, 9.17) is 0 Å². The van der Waals surface area contributed by atoms with Gasteiger partial charge in [-0.3, -0.25) is 0 Å². The Bertz CT molecular complexity index is 115. The summed E-state index contributed by atoms with van der Waals surface area (Å²) in [6.45, 7) is 7.48. The molecule has 2 N–H and O–H groups in total. The summed E-state index contributed by atoms with van der Waals surface area (Å²) >= 11 is 0. The summed E-state index contributed by atoms with van der Waals surface area (Å²) in [6, 6.07) is 0. The van der Waals surface area contributed by atoms with Crippen molar-refractivity contribution in [2.75, 3.05) is 13.6 Å². The zero-order chi connectivity index (χ0) is 10.3. The molecule has 0 rings (SSSR count). The topological polar surface area (TPSA) is 32.3 Å². The van der Waals surface area contributed by atoms with Crippen LogP contribution in [0.25, 0.3) is 0 Å². The molecule has 80 valence electrons. The van der Waals surface area contributed by atoms with Gasteiger partial charge in [-0.05, 0) is 44.7 Å². The fourth-order valence-corrected chi connectivity index (χ4v) is 1.32. The minimum absolute atomic E-state index is 0.114. The molecule has 0 aromatic heterocycles. The summed E-state index contributed by atoms with van der Waals surface area (Å²) in [7, 11) is 1.98. The van der Waals surface area contributed by atoms with E-state index < -0.39 is 0 Å². The first kappa shape index (κ1) is 12.9. The van der Waals surface area contributed by atoms with Gasteiger partial charge < -0.3 is 10.4 Å². The summed E-state index contributed by atoms with van der Waals surface area (Å²) < 4.78 is 0. The zero-order valence-electron chi connectivity index (χ0n) is 9.51. The van der Waals surface area contributed by atoms with Crippen LogP contribution in [0.15, 0.2) is 0 Å². The monoisotopic (exact) mass is 187 g/mol. The second kappa shape index (κ2) is 7.34. The summed E-state index contributed by atoms with van der Waals surface area (Å²) in [6.07, 6.45) is 3.18. The molecule has 2 heteroatoms. The number of nitrogens with one attached hydrogen (secondary N) is 1. The Morgan fingerprint density at radius 2 is 1.69 bits per heavy atom. The Hall–Kier alpha value is -0.0800. The zero-order valence-corrected chi connectivity index (χ0v) is 9.51. The van der Waals surface area contributed by atoms with E-state index in [-0.39, 0.29) is 6.10 Å². The maximum atomic E-state index is 9.59. The summed E-state index contributed by atoms with van der Waals surface area (Å²) in [5, 5.41) is 12.7. The number of hydrogen-bond donors (Lipinski definition) is 2. The smallest absolute Gasteiger partial charge is 0.0563 e. The van der Waals surface area contributed by atoms with Gasteiger partial charge in [0.25, 0.3) is 0 Å². The molecule has 0 fully saturated rings. The first-order valence-corrected chi connectivity index (χ1v) is 5.40. The lowest BCUT2D eigenvalue weighted by molar-refractivity contribution is 0.108. The molecule has 0 aromatic rings. The molecule has 0 aliphatic heterocycles. The minimum Gasteiger partial charge on any atom is -0.393 e. The van der Waals surface area contributed by atoms with Crippen molar-refractivity contribution in [1.82, 2.24) is 5.32 Å². The van der Waals surface area contributed by atoms with Gasteiger partial charge in [-0.1, -0.05) is 20.8 Å². The van der Waals surface area contributed by atoms with Crippen molar-refractivity contribution in [2.45, 2.75) is 46.1 Å². The van der Waals surface area contributed by atoms with E-state index in [9.17, 15) is 5.11 Å². The lowest BCUT2D eigenvalue weighted by Crippen LogP contribution is -2.17. The molecular weight excluding hydrogens is 162 g/mol. The standard InChI is InChI=1S/C11H25NO/c1-9(2)11(13)6-5-10(3)7-8-12-4/h9-13H,5-8H2,1-4H3. The van der Waals surface area contributed by atoms with Crippen molar-refractivity contribution in [2.24, 2.45) is 11.8 Å². The highest BCUT2D eigenvalue weighted by Gasteiger charge is 2.10. The number of rotatable bonds is 7. The van der Waals surface area contributed by atoms with Gasteiger partial charge in [0, 0.05) is 0 Å². The average molecular weight is 187 g/mol. The Kier molecular flexibility index (Phi) is 7.29. The molecule has 0 radical (unpaired) electrons. The molecule has 2 nitrogen and oxygen atoms in total. The van der Waals surface area contributed by atoms with Crippen LogP contribution in [0.3, 0.4) is 0 Å². The fourth-order valence-electron chi connectivity index (χ4n) is 1.32. The maximum Gasteiger partial charge on any atom is 0.0563 e. The first-order valence-electron chi connectivity index (χ1n) is 5.40. The van der Waals surface area contributed by atoms with Crippen LogP contribution in [0.1, 0.15) is 40.0 Å². The van der Waals surface area contributed by atoms with Gasteiger partial charge in [0.1, 0.15) is 0 Å². The third kappa shape index (κ3) is 7.03. The largest absolute Gasteiger partial charge is 0.393 e. The summed E-state index contributed by atoms with van der Waals surface area (Å²) in [4.78, 5) is 0. The van der Waals surface area contributed by atoms with Crippen LogP contribution in [0, 0.1) is 11.8 Å². The summed E-state index contributed by atoms with van der Waals surface area (Å²) in [5.74, 6) is 1.12. The maximum absolute atomic E-state index is 9.59. The van der Waals surface area contributed by atoms with E-state index in [0.717, 1.165) is 25.3 Å². The number of hydrogen-bond acceptors (Lipinski definition) is 2. The van der Waals surface area contributed by atoms with E-state index in [1.807, 2.05) is 7.05 Å². The molecule has 2 atom stereocenters. The molecule has 0 bridgehead atoms. The van der Waals surface area contributed by atoms with Crippen molar-refractivity contribution in [1.29, 1.82) is 0 Å². The third-order valence-electron chi connectivity index (χ3n) is 2.61. The van der Waals surface area contributed by atoms with E-state index in [1.165, 1.54) is 6.42 Å². The minimum atomic E-state index is -0.114. The highest BCUT2D eigenvalue weighted by Crippen LogP contribution is 2.15. The molecule has 0 spiro atoms. The first-order chi connectivity index (χ1) is 6.07. The molecule has 0 heterocycles. The molecule has 0 amide bonds. The van der Waals surface area contributed by atoms with Crippen LogP contribution in [-0.2, 0) is 0 Å². The van der Waals surface area contributed by atoms with Crippen molar-refractivity contribution < 1.29 is 5.11 Å². The van der Waals surface area contributed by atoms with E-state index in [0.29, 0.717) is 5.92 Å². The van der Waals surface area contributed by atoms with Crippen LogP contribution in [-0.4, -0.2) is 24.8 Å². The Morgan fingerprint density at radius 3 is 2.15 bits per heavy atom. The number of aliphatic hydroxyl groups is 1. The van der Waals surface area contributed by atoms with Gasteiger partial charge in [-0.2, -0.15) is 0 Å². The van der Waals surface area contributed by atoms with Crippen LogP contribution in [0.2, 0.25) is 0 Å². The SMILES string of the molecule is CNCCC(C)CCC(O)C(C)C. The fraction of sp³-hybridized carbons (Fsp3) is 1.00. The van der Waals surface area contributed by atoms with Gasteiger partial charge in [-0.25, -0.2) is 0 Å². The highest BCUT2D eigenvalue weighted by atomic mass is 16.3. The highest BCUT2D eigenvalue weighted by molar-refractivity contribution is 4.63. The van der Waals surface area contributed by atoms with Crippen molar-refractivity contribution in [3.05, 3.63) is 0 Å². The van der Waals surface area contributed by atoms with Crippen molar-refractivity contribution >= 4 is 0 Å². The molecule has 0 saturated heterocycles. The van der Waals surface area contributed by atoms with Gasteiger partial charge in [-0.15, -0.1) is 0 Å². The third-order valence-corrected chi connectivity index (χ3v) is 2.61. The molecule has 2 unspecified atom stereocenters. The van der Waals surface area contributed by atoms with E-state index in [2.05, 4.69) is 26.1 Å². The molecule has 13 heavy (non-hydrogen) atoms. The lowest BCUT2D eigenvalue weighted by Gasteiger charge is -2.17. The van der Waals surface area contributed by atoms with Crippen molar-refractivity contribution in [3.63, 3.8) is 0 Å². The predicted molar refractivity (Wildman–Crippen MR) is 57.8 cm³/mol. The molecule has 0 aromatic carbocycles. The number of aliphatic hydroxyl groups excluding tert-OH is 1.